The van der Waals surface area contributed by atoms with Gasteiger partial charge in [0, 0.05) is 39.1 Å². The van der Waals surface area contributed by atoms with E-state index in [0.717, 1.165) is 36.8 Å². The van der Waals surface area contributed by atoms with Gasteiger partial charge < -0.3 is 19.7 Å². The number of rotatable bonds is 8. The van der Waals surface area contributed by atoms with Crippen LogP contribution in [0.1, 0.15) is 26.3 Å². The minimum absolute atomic E-state index is 0. The zero-order chi connectivity index (χ0) is 19.6. The van der Waals surface area contributed by atoms with Crippen LogP contribution in [0.3, 0.4) is 0 Å². The number of benzene rings is 1. The lowest BCUT2D eigenvalue weighted by Crippen LogP contribution is -2.45. The van der Waals surface area contributed by atoms with Gasteiger partial charge in [0.1, 0.15) is 0 Å². The number of hydrogen-bond acceptors (Lipinski definition) is 3. The average Bonchev–Trinajstić information content (AvgIpc) is 3.20. The molecular weight excluding hydrogens is 467 g/mol. The van der Waals surface area contributed by atoms with Crippen molar-refractivity contribution in [3.8, 4) is 5.69 Å². The average molecular weight is 498 g/mol. The fourth-order valence-corrected chi connectivity index (χ4v) is 2.88. The number of hydrogen-bond donors (Lipinski definition) is 1. The summed E-state index contributed by atoms with van der Waals surface area (Å²) in [5.74, 6) is 0.824. The number of aliphatic imine (C=N–C) groups is 1. The smallest absolute Gasteiger partial charge is 0.242 e. The number of likely N-dealkylation sites (N-methyl/N-ethyl adjacent to an activating group) is 2. The van der Waals surface area contributed by atoms with Crippen LogP contribution in [0.2, 0.25) is 0 Å². The fourth-order valence-electron chi connectivity index (χ4n) is 2.88. The Balaban J connectivity index is 0.00000392. The van der Waals surface area contributed by atoms with Gasteiger partial charge in [0.15, 0.2) is 5.96 Å². The standard InChI is InChI=1S/C20H30N6O.HI/c1-5-22-20(24(4)15-19(27)25(6-2)7-3)23-14-17-10-8-9-11-18(17)26-13-12-21-16-26;/h8-13,16H,5-7,14-15H2,1-4H3,(H,22,23);1H. The largest absolute Gasteiger partial charge is 0.357 e. The van der Waals surface area contributed by atoms with E-state index in [-0.39, 0.29) is 29.9 Å². The Labute approximate surface area is 184 Å². The second-order valence-corrected chi connectivity index (χ2v) is 6.19. The maximum absolute atomic E-state index is 12.4. The van der Waals surface area contributed by atoms with Gasteiger partial charge in [0.05, 0.1) is 25.1 Å². The Morgan fingerprint density at radius 1 is 1.21 bits per heavy atom. The SMILES string of the molecule is CCNC(=NCc1ccccc1-n1ccnc1)N(C)CC(=O)N(CC)CC.I. The number of imidazole rings is 1. The third-order valence-corrected chi connectivity index (χ3v) is 4.36. The summed E-state index contributed by atoms with van der Waals surface area (Å²) >= 11 is 0. The van der Waals surface area contributed by atoms with E-state index in [1.54, 1.807) is 12.5 Å². The van der Waals surface area contributed by atoms with E-state index >= 15 is 0 Å². The Hall–Kier alpha value is -2.10. The van der Waals surface area contributed by atoms with Crippen molar-refractivity contribution < 1.29 is 4.79 Å². The summed E-state index contributed by atoms with van der Waals surface area (Å²) in [6.07, 6.45) is 5.46. The molecule has 0 bridgehead atoms. The molecule has 2 aromatic rings. The molecule has 1 aromatic carbocycles. The molecule has 0 saturated carbocycles. The highest BCUT2D eigenvalue weighted by molar-refractivity contribution is 14.0. The molecule has 0 atom stereocenters. The number of carbonyl (C=O) groups excluding carboxylic acids is 1. The maximum Gasteiger partial charge on any atom is 0.242 e. The molecule has 0 radical (unpaired) electrons. The molecule has 0 saturated heterocycles. The minimum Gasteiger partial charge on any atom is -0.357 e. The van der Waals surface area contributed by atoms with Crippen LogP contribution in [0.5, 0.6) is 0 Å². The molecule has 2 rings (SSSR count). The highest BCUT2D eigenvalue weighted by Crippen LogP contribution is 2.15. The van der Waals surface area contributed by atoms with Gasteiger partial charge >= 0.3 is 0 Å². The van der Waals surface area contributed by atoms with Crippen molar-refractivity contribution in [3.63, 3.8) is 0 Å². The predicted octanol–water partition coefficient (Wildman–Crippen LogP) is 2.76. The number of carbonyl (C=O) groups is 1. The summed E-state index contributed by atoms with van der Waals surface area (Å²) in [7, 11) is 1.89. The molecule has 0 aliphatic heterocycles. The number of amides is 1. The van der Waals surface area contributed by atoms with E-state index in [1.165, 1.54) is 0 Å². The molecule has 1 amide bonds. The van der Waals surface area contributed by atoms with E-state index < -0.39 is 0 Å². The second-order valence-electron chi connectivity index (χ2n) is 6.19. The van der Waals surface area contributed by atoms with Crippen molar-refractivity contribution in [2.24, 2.45) is 4.99 Å². The van der Waals surface area contributed by atoms with Gasteiger partial charge in [-0.15, -0.1) is 24.0 Å². The summed E-state index contributed by atoms with van der Waals surface area (Å²) < 4.78 is 1.98. The topological polar surface area (TPSA) is 65.8 Å². The third kappa shape index (κ3) is 6.50. The van der Waals surface area contributed by atoms with Gasteiger partial charge in [-0.3, -0.25) is 4.79 Å². The summed E-state index contributed by atoms with van der Waals surface area (Å²) in [5, 5.41) is 3.27. The Kier molecular flexibility index (Phi) is 10.6. The lowest BCUT2D eigenvalue weighted by atomic mass is 10.2. The van der Waals surface area contributed by atoms with E-state index in [1.807, 2.05) is 66.6 Å². The minimum atomic E-state index is 0. The molecule has 7 nitrogen and oxygen atoms in total. The van der Waals surface area contributed by atoms with Crippen molar-refractivity contribution in [1.82, 2.24) is 24.7 Å². The summed E-state index contributed by atoms with van der Waals surface area (Å²) in [4.78, 5) is 25.0. The number of halogens is 1. The van der Waals surface area contributed by atoms with Crippen LogP contribution in [-0.2, 0) is 11.3 Å². The predicted molar refractivity (Wildman–Crippen MR) is 124 cm³/mol. The lowest BCUT2D eigenvalue weighted by Gasteiger charge is -2.25. The Morgan fingerprint density at radius 3 is 2.54 bits per heavy atom. The van der Waals surface area contributed by atoms with E-state index in [9.17, 15) is 4.79 Å². The van der Waals surface area contributed by atoms with E-state index in [4.69, 9.17) is 4.99 Å². The van der Waals surface area contributed by atoms with Crippen molar-refractivity contribution in [2.75, 3.05) is 33.2 Å². The van der Waals surface area contributed by atoms with Crippen LogP contribution in [0.15, 0.2) is 48.0 Å². The first-order valence-corrected chi connectivity index (χ1v) is 9.44. The van der Waals surface area contributed by atoms with E-state index in [0.29, 0.717) is 13.1 Å². The first-order chi connectivity index (χ1) is 13.1. The molecule has 0 aliphatic rings. The zero-order valence-electron chi connectivity index (χ0n) is 17.1. The van der Waals surface area contributed by atoms with Crippen LogP contribution in [0.25, 0.3) is 5.69 Å². The van der Waals surface area contributed by atoms with Gasteiger partial charge in [0.25, 0.3) is 0 Å². The van der Waals surface area contributed by atoms with Crippen LogP contribution in [-0.4, -0.2) is 64.4 Å². The normalized spacial score (nSPS) is 10.9. The Morgan fingerprint density at radius 2 is 1.93 bits per heavy atom. The molecule has 0 fully saturated rings. The summed E-state index contributed by atoms with van der Waals surface area (Å²) in [5.41, 5.74) is 2.14. The fraction of sp³-hybridized carbons (Fsp3) is 0.450. The summed E-state index contributed by atoms with van der Waals surface area (Å²) in [6.45, 7) is 9.00. The van der Waals surface area contributed by atoms with Crippen molar-refractivity contribution >= 4 is 35.8 Å². The molecule has 1 aromatic heterocycles. The van der Waals surface area contributed by atoms with Crippen molar-refractivity contribution in [1.29, 1.82) is 0 Å². The number of nitrogens with zero attached hydrogens (tertiary/aromatic N) is 5. The number of para-hydroxylation sites is 1. The van der Waals surface area contributed by atoms with Crippen LogP contribution in [0, 0.1) is 0 Å². The molecule has 0 aliphatic carbocycles. The molecule has 0 unspecified atom stereocenters. The second kappa shape index (κ2) is 12.4. The van der Waals surface area contributed by atoms with Crippen LogP contribution < -0.4 is 5.32 Å². The van der Waals surface area contributed by atoms with Gasteiger partial charge in [-0.25, -0.2) is 9.98 Å². The maximum atomic E-state index is 12.4. The van der Waals surface area contributed by atoms with Crippen LogP contribution in [0.4, 0.5) is 0 Å². The van der Waals surface area contributed by atoms with Gasteiger partial charge in [-0.05, 0) is 32.4 Å². The molecule has 0 spiro atoms. The van der Waals surface area contributed by atoms with E-state index in [2.05, 4.69) is 16.4 Å². The lowest BCUT2D eigenvalue weighted by molar-refractivity contribution is -0.131. The highest BCUT2D eigenvalue weighted by atomic mass is 127. The molecule has 8 heteroatoms. The monoisotopic (exact) mass is 498 g/mol. The number of guanidine groups is 1. The Bertz CT molecular complexity index is 743. The first kappa shape index (κ1) is 23.9. The molecule has 1 heterocycles. The molecule has 1 N–H and O–H groups in total. The number of nitrogens with one attached hydrogen (secondary N) is 1. The van der Waals surface area contributed by atoms with Gasteiger partial charge in [-0.2, -0.15) is 0 Å². The van der Waals surface area contributed by atoms with Crippen molar-refractivity contribution in [3.05, 3.63) is 48.5 Å². The third-order valence-electron chi connectivity index (χ3n) is 4.36. The molecule has 28 heavy (non-hydrogen) atoms. The number of aromatic nitrogens is 2. The summed E-state index contributed by atoms with van der Waals surface area (Å²) in [6, 6.07) is 8.12. The zero-order valence-corrected chi connectivity index (χ0v) is 19.5. The van der Waals surface area contributed by atoms with Gasteiger partial charge in [0.2, 0.25) is 5.91 Å². The highest BCUT2D eigenvalue weighted by Gasteiger charge is 2.15. The molecule has 154 valence electrons. The van der Waals surface area contributed by atoms with Crippen molar-refractivity contribution in [2.45, 2.75) is 27.3 Å². The molecular formula is C20H31IN6O. The first-order valence-electron chi connectivity index (χ1n) is 9.44. The quantitative estimate of drug-likeness (QED) is 0.346. The van der Waals surface area contributed by atoms with Gasteiger partial charge in [-0.1, -0.05) is 18.2 Å². The van der Waals surface area contributed by atoms with Crippen LogP contribution >= 0.6 is 24.0 Å².